The number of hydrogen-bond acceptors (Lipinski definition) is 10. The lowest BCUT2D eigenvalue weighted by Gasteiger charge is -2.36. The molecule has 0 saturated carbocycles. The third-order valence-electron chi connectivity index (χ3n) is 10.7. The van der Waals surface area contributed by atoms with Crippen LogP contribution in [0, 0.1) is 34.6 Å². The summed E-state index contributed by atoms with van der Waals surface area (Å²) in [7, 11) is -1.77. The molecule has 2 aliphatic heterocycles. The van der Waals surface area contributed by atoms with Crippen LogP contribution in [0.25, 0.3) is 17.2 Å². The van der Waals surface area contributed by atoms with Gasteiger partial charge in [0.1, 0.15) is 5.84 Å². The van der Waals surface area contributed by atoms with E-state index in [4.69, 9.17) is 15.2 Å². The highest BCUT2D eigenvalue weighted by Crippen LogP contribution is 2.35. The van der Waals surface area contributed by atoms with E-state index >= 15 is 0 Å². The summed E-state index contributed by atoms with van der Waals surface area (Å²) in [4.78, 5) is 35.4. The zero-order valence-electron chi connectivity index (χ0n) is 35.4. The molecule has 1 fully saturated rings. The number of amides is 1. The fourth-order valence-corrected chi connectivity index (χ4v) is 8.44. The van der Waals surface area contributed by atoms with Crippen LogP contribution in [0.15, 0.2) is 64.0 Å². The van der Waals surface area contributed by atoms with E-state index in [0.29, 0.717) is 61.4 Å². The van der Waals surface area contributed by atoms with Crippen molar-refractivity contribution in [1.82, 2.24) is 14.1 Å². The van der Waals surface area contributed by atoms with E-state index in [2.05, 4.69) is 9.89 Å². The molecule has 61 heavy (non-hydrogen) atoms. The summed E-state index contributed by atoms with van der Waals surface area (Å²) in [5.41, 5.74) is 7.38. The number of hydrogen-bond donors (Lipinski definition) is 2. The molecule has 332 valence electrons. The molecule has 17 heteroatoms. The van der Waals surface area contributed by atoms with E-state index in [1.807, 2.05) is 63.1 Å². The Labute approximate surface area is 355 Å². The van der Waals surface area contributed by atoms with Crippen molar-refractivity contribution in [2.24, 2.45) is 22.1 Å². The number of carbonyl (C=O) groups excluding carboxylic acids is 2. The number of amidine groups is 1. The number of ether oxygens (including phenoxy) is 2. The van der Waals surface area contributed by atoms with Crippen LogP contribution in [0.4, 0.5) is 23.2 Å². The van der Waals surface area contributed by atoms with Crippen molar-refractivity contribution < 1.29 is 50.1 Å². The summed E-state index contributed by atoms with van der Waals surface area (Å²) in [5.74, 6) is -9.50. The summed E-state index contributed by atoms with van der Waals surface area (Å²) >= 11 is 0. The van der Waals surface area contributed by atoms with E-state index in [1.165, 1.54) is 18.2 Å². The Morgan fingerprint density at radius 3 is 2.28 bits per heavy atom. The molecular formula is C44H55F4N5O7S. The van der Waals surface area contributed by atoms with Crippen molar-refractivity contribution in [3.05, 3.63) is 82.9 Å². The number of halogens is 4. The third kappa shape index (κ3) is 11.6. The third-order valence-corrected chi connectivity index (χ3v) is 12.6. The normalized spacial score (nSPS) is 15.1. The first-order valence-electron chi connectivity index (χ1n) is 20.2. The molecule has 3 aromatic rings. The predicted octanol–water partition coefficient (Wildman–Crippen LogP) is 6.68. The molecule has 5 rings (SSSR count). The van der Waals surface area contributed by atoms with Gasteiger partial charge in [-0.2, -0.15) is 13.1 Å². The first-order valence-corrected chi connectivity index (χ1v) is 21.7. The maximum absolute atomic E-state index is 14.1. The standard InChI is InChI=1S/C44H55F4N5O7S/c1-7-15-52(17-9-16-51(6)18-14-44(4,5)59-27-43(2,3)42(56)60-40-38(47)34(45)23-35(46)39(40)48)41(55)32-19-31-13-12-30(21-36(31)50-37(49)22-32)29-10-8-11-33(20-29)61(57,58)53-24-28(25-53)26-54/h8,10-13,19-21,23,28,54H,7,9,14-18,22,24-27H2,1-6H3,(H2,49,50). The average molecular weight is 874 g/mol. The van der Waals surface area contributed by atoms with Crippen LogP contribution >= 0.6 is 0 Å². The molecule has 0 bridgehead atoms. The van der Waals surface area contributed by atoms with Crippen LogP contribution in [0.3, 0.4) is 0 Å². The molecule has 0 aliphatic carbocycles. The molecule has 0 aromatic heterocycles. The van der Waals surface area contributed by atoms with Gasteiger partial charge in [-0.05, 0) is 96.0 Å². The molecule has 0 spiro atoms. The number of esters is 1. The highest BCUT2D eigenvalue weighted by Gasteiger charge is 2.37. The Morgan fingerprint density at radius 2 is 1.62 bits per heavy atom. The van der Waals surface area contributed by atoms with Crippen molar-refractivity contribution in [1.29, 1.82) is 0 Å². The second kappa shape index (κ2) is 19.6. The molecule has 3 aromatic carbocycles. The fourth-order valence-electron chi connectivity index (χ4n) is 6.80. The summed E-state index contributed by atoms with van der Waals surface area (Å²) in [6, 6.07) is 12.2. The van der Waals surface area contributed by atoms with E-state index in [9.17, 15) is 40.7 Å². The minimum Gasteiger partial charge on any atom is -0.420 e. The van der Waals surface area contributed by atoms with Crippen LogP contribution in [0.1, 0.15) is 65.9 Å². The Hall–Kier alpha value is -4.68. The van der Waals surface area contributed by atoms with Crippen LogP contribution in [-0.4, -0.2) is 110 Å². The minimum absolute atomic E-state index is 0.0299. The summed E-state index contributed by atoms with van der Waals surface area (Å²) < 4.78 is 94.0. The SMILES string of the molecule is CCCN(CCCN(C)CCC(C)(C)OCC(C)(C)C(=O)Oc1c(F)c(F)cc(F)c1F)C(=O)C1=Cc2ccc(-c3cccc(S(=O)(=O)N4CC(CO)C4)c3)cc2N=C(N)C1. The van der Waals surface area contributed by atoms with Gasteiger partial charge >= 0.3 is 5.97 Å². The molecular weight excluding hydrogens is 819 g/mol. The number of rotatable bonds is 19. The maximum atomic E-state index is 14.1. The molecule has 0 unspecified atom stereocenters. The lowest BCUT2D eigenvalue weighted by Crippen LogP contribution is -2.51. The molecule has 0 atom stereocenters. The fraction of sp³-hybridized carbons (Fsp3) is 0.477. The Bertz CT molecular complexity index is 2250. The van der Waals surface area contributed by atoms with E-state index < -0.39 is 56.0 Å². The maximum Gasteiger partial charge on any atom is 0.319 e. The van der Waals surface area contributed by atoms with Gasteiger partial charge in [0, 0.05) is 68.9 Å². The summed E-state index contributed by atoms with van der Waals surface area (Å²) in [6.07, 6.45) is 3.91. The number of nitrogens with two attached hydrogens (primary N) is 1. The summed E-state index contributed by atoms with van der Waals surface area (Å²) in [6.45, 7) is 11.1. The number of sulfonamides is 1. The zero-order valence-corrected chi connectivity index (χ0v) is 36.3. The Kier molecular flexibility index (Phi) is 15.2. The molecule has 12 nitrogen and oxygen atoms in total. The van der Waals surface area contributed by atoms with Crippen molar-refractivity contribution >= 4 is 39.5 Å². The predicted molar refractivity (Wildman–Crippen MR) is 224 cm³/mol. The number of aliphatic hydroxyl groups is 1. The summed E-state index contributed by atoms with van der Waals surface area (Å²) in [5, 5.41) is 9.33. The first-order chi connectivity index (χ1) is 28.6. The van der Waals surface area contributed by atoms with Gasteiger partial charge in [0.2, 0.25) is 33.3 Å². The van der Waals surface area contributed by atoms with Crippen LogP contribution in [0.5, 0.6) is 5.75 Å². The Morgan fingerprint density at radius 1 is 0.951 bits per heavy atom. The van der Waals surface area contributed by atoms with E-state index in [0.717, 1.165) is 12.0 Å². The molecule has 1 saturated heterocycles. The van der Waals surface area contributed by atoms with E-state index in [-0.39, 0.29) is 61.3 Å². The van der Waals surface area contributed by atoms with Crippen LogP contribution in [-0.2, 0) is 24.3 Å². The first kappa shape index (κ1) is 47.4. The smallest absolute Gasteiger partial charge is 0.319 e. The zero-order chi connectivity index (χ0) is 44.9. The minimum atomic E-state index is -3.71. The highest BCUT2D eigenvalue weighted by molar-refractivity contribution is 7.89. The van der Waals surface area contributed by atoms with Gasteiger partial charge in [0.15, 0.2) is 11.6 Å². The van der Waals surface area contributed by atoms with Crippen molar-refractivity contribution in [2.75, 3.05) is 59.5 Å². The van der Waals surface area contributed by atoms with Gasteiger partial charge in [-0.15, -0.1) is 0 Å². The van der Waals surface area contributed by atoms with Gasteiger partial charge in [-0.3, -0.25) is 9.59 Å². The van der Waals surface area contributed by atoms with Crippen molar-refractivity contribution in [3.8, 4) is 16.9 Å². The van der Waals surface area contributed by atoms with Crippen LogP contribution < -0.4 is 10.5 Å². The molecule has 2 aliphatic rings. The number of fused-ring (bicyclic) bond motifs is 1. The molecule has 1 amide bonds. The quantitative estimate of drug-likeness (QED) is 0.0582. The van der Waals surface area contributed by atoms with Crippen molar-refractivity contribution in [3.63, 3.8) is 0 Å². The number of benzene rings is 3. The van der Waals surface area contributed by atoms with Gasteiger partial charge < -0.3 is 30.1 Å². The number of aliphatic imine (C=N–C) groups is 1. The highest BCUT2D eigenvalue weighted by atomic mass is 32.2. The van der Waals surface area contributed by atoms with Gasteiger partial charge in [0.05, 0.1) is 28.2 Å². The second-order valence-electron chi connectivity index (χ2n) is 16.9. The topological polar surface area (TPSA) is 155 Å². The van der Waals surface area contributed by atoms with Gasteiger partial charge in [-0.1, -0.05) is 31.2 Å². The lowest BCUT2D eigenvalue weighted by molar-refractivity contribution is -0.152. The number of nitrogens with zero attached hydrogens (tertiary/aromatic N) is 4. The van der Waals surface area contributed by atoms with Gasteiger partial charge in [0.25, 0.3) is 0 Å². The molecule has 2 heterocycles. The van der Waals surface area contributed by atoms with E-state index in [1.54, 1.807) is 18.2 Å². The lowest BCUT2D eigenvalue weighted by atomic mass is 9.94. The molecule has 0 radical (unpaired) electrons. The van der Waals surface area contributed by atoms with Crippen LogP contribution in [0.2, 0.25) is 0 Å². The largest absolute Gasteiger partial charge is 0.420 e. The average Bonchev–Trinajstić information content (AvgIpc) is 3.36. The second-order valence-corrected chi connectivity index (χ2v) is 18.9. The molecule has 3 N–H and O–H groups in total. The number of aliphatic hydroxyl groups excluding tert-OH is 1. The van der Waals surface area contributed by atoms with Crippen molar-refractivity contribution in [2.45, 2.75) is 70.8 Å². The monoisotopic (exact) mass is 873 g/mol. The Balaban J connectivity index is 1.15. The van der Waals surface area contributed by atoms with Gasteiger partial charge in [-0.25, -0.2) is 22.2 Å². The number of carbonyl (C=O) groups is 2.